The summed E-state index contributed by atoms with van der Waals surface area (Å²) in [4.78, 5) is 6.96. The Labute approximate surface area is 182 Å². The molecule has 2 aromatic carbocycles. The average Bonchev–Trinajstić information content (AvgIpc) is 2.78. The highest BCUT2D eigenvalue weighted by Gasteiger charge is 2.23. The minimum atomic E-state index is -0.141. The van der Waals surface area contributed by atoms with Gasteiger partial charge in [0.05, 0.1) is 5.52 Å². The molecule has 5 nitrogen and oxygen atoms in total. The third kappa shape index (κ3) is 4.30. The predicted octanol–water partition coefficient (Wildman–Crippen LogP) is 4.25. The fourth-order valence-corrected chi connectivity index (χ4v) is 4.51. The van der Waals surface area contributed by atoms with Crippen LogP contribution in [0.2, 0.25) is 0 Å². The largest absolute Gasteiger partial charge is 0.486 e. The van der Waals surface area contributed by atoms with Gasteiger partial charge in [-0.3, -0.25) is 4.98 Å². The van der Waals surface area contributed by atoms with Crippen molar-refractivity contribution >= 4 is 16.6 Å². The van der Waals surface area contributed by atoms with Crippen molar-refractivity contribution in [3.8, 4) is 11.5 Å². The number of aryl methyl sites for hydroxylation is 2. The summed E-state index contributed by atoms with van der Waals surface area (Å²) in [5.74, 6) is 1.44. The maximum atomic E-state index is 13.5. The molecule has 0 unspecified atom stereocenters. The zero-order valence-corrected chi connectivity index (χ0v) is 17.9. The van der Waals surface area contributed by atoms with Gasteiger partial charge in [-0.1, -0.05) is 0 Å². The Balaban J connectivity index is 1.13. The van der Waals surface area contributed by atoms with Crippen LogP contribution in [0.1, 0.15) is 24.1 Å². The zero-order valence-electron chi connectivity index (χ0n) is 17.9. The molecule has 0 bridgehead atoms. The van der Waals surface area contributed by atoms with Gasteiger partial charge in [0.15, 0.2) is 11.5 Å². The van der Waals surface area contributed by atoms with Crippen LogP contribution in [0.5, 0.6) is 11.5 Å². The number of halogens is 1. The molecule has 0 amide bonds. The molecule has 31 heavy (non-hydrogen) atoms. The Hall–Kier alpha value is -2.86. The van der Waals surface area contributed by atoms with Crippen LogP contribution in [0, 0.1) is 12.7 Å². The molecule has 162 valence electrons. The normalized spacial score (nSPS) is 17.6. The summed E-state index contributed by atoms with van der Waals surface area (Å²) in [5.41, 5.74) is 4.23. The van der Waals surface area contributed by atoms with E-state index < -0.39 is 0 Å². The molecular formula is C25H28FN3O2. The molecule has 1 atom stereocenters. The maximum Gasteiger partial charge on any atom is 0.171 e. The van der Waals surface area contributed by atoms with Crippen molar-refractivity contribution in [2.75, 3.05) is 37.7 Å². The number of rotatable bonds is 6. The summed E-state index contributed by atoms with van der Waals surface area (Å²) in [6.07, 6.45) is 3.04. The number of hydrogen-bond acceptors (Lipinski definition) is 5. The summed E-state index contributed by atoms with van der Waals surface area (Å²) in [6, 6.07) is 13.1. The maximum absolute atomic E-state index is 13.5. The van der Waals surface area contributed by atoms with Gasteiger partial charge >= 0.3 is 0 Å². The molecule has 1 N–H and O–H groups in total. The molecule has 0 saturated carbocycles. The molecule has 3 heterocycles. The number of aromatic nitrogens is 1. The number of pyridine rings is 1. The van der Waals surface area contributed by atoms with Crippen LogP contribution < -0.4 is 19.7 Å². The highest BCUT2D eigenvalue weighted by molar-refractivity contribution is 5.88. The first-order chi connectivity index (χ1) is 15.2. The number of hydrogen-bond donors (Lipinski definition) is 1. The summed E-state index contributed by atoms with van der Waals surface area (Å²) in [5, 5.41) is 4.50. The Morgan fingerprint density at radius 2 is 2.13 bits per heavy atom. The quantitative estimate of drug-likeness (QED) is 0.603. The van der Waals surface area contributed by atoms with Crippen LogP contribution in [-0.4, -0.2) is 43.9 Å². The molecule has 2 aliphatic heterocycles. The van der Waals surface area contributed by atoms with Crippen molar-refractivity contribution in [3.05, 3.63) is 59.5 Å². The van der Waals surface area contributed by atoms with E-state index in [1.165, 1.54) is 5.69 Å². The lowest BCUT2D eigenvalue weighted by atomic mass is 10.0. The summed E-state index contributed by atoms with van der Waals surface area (Å²) >= 11 is 0. The summed E-state index contributed by atoms with van der Waals surface area (Å²) in [6.45, 7) is 6.16. The van der Waals surface area contributed by atoms with Gasteiger partial charge in [-0.25, -0.2) is 4.39 Å². The van der Waals surface area contributed by atoms with E-state index in [9.17, 15) is 4.39 Å². The lowest BCUT2D eigenvalue weighted by Crippen LogP contribution is -2.39. The van der Waals surface area contributed by atoms with Crippen LogP contribution in [0.3, 0.4) is 0 Å². The molecule has 2 aliphatic rings. The first kappa shape index (κ1) is 20.1. The number of ether oxygens (including phenoxy) is 2. The van der Waals surface area contributed by atoms with Crippen LogP contribution in [0.15, 0.2) is 42.5 Å². The number of nitrogens with one attached hydrogen (secondary N) is 1. The molecule has 6 heteroatoms. The summed E-state index contributed by atoms with van der Waals surface area (Å²) in [7, 11) is 0. The molecule has 0 spiro atoms. The SMILES string of the molecule is Cc1ccc2c3c(ccc2n1)OC[C@H](CNCCCN1CCCc2cc(F)ccc21)O3. The van der Waals surface area contributed by atoms with E-state index in [4.69, 9.17) is 9.47 Å². The number of benzene rings is 2. The van der Waals surface area contributed by atoms with Gasteiger partial charge in [0, 0.05) is 36.4 Å². The zero-order chi connectivity index (χ0) is 21.2. The molecule has 0 aliphatic carbocycles. The molecule has 5 rings (SSSR count). The summed E-state index contributed by atoms with van der Waals surface area (Å²) < 4.78 is 25.7. The molecule has 1 aromatic heterocycles. The predicted molar refractivity (Wildman–Crippen MR) is 121 cm³/mol. The van der Waals surface area contributed by atoms with Crippen molar-refractivity contribution in [2.45, 2.75) is 32.3 Å². The fraction of sp³-hybridized carbons (Fsp3) is 0.400. The smallest absolute Gasteiger partial charge is 0.171 e. The molecule has 0 radical (unpaired) electrons. The van der Waals surface area contributed by atoms with Crippen molar-refractivity contribution in [1.82, 2.24) is 10.3 Å². The lowest BCUT2D eigenvalue weighted by molar-refractivity contribution is 0.0925. The minimum Gasteiger partial charge on any atom is -0.486 e. The Morgan fingerprint density at radius 3 is 3.06 bits per heavy atom. The van der Waals surface area contributed by atoms with Gasteiger partial charge in [-0.15, -0.1) is 0 Å². The first-order valence-corrected chi connectivity index (χ1v) is 11.1. The van der Waals surface area contributed by atoms with Crippen LogP contribution >= 0.6 is 0 Å². The van der Waals surface area contributed by atoms with Crippen molar-refractivity contribution < 1.29 is 13.9 Å². The Morgan fingerprint density at radius 1 is 1.19 bits per heavy atom. The van der Waals surface area contributed by atoms with Crippen molar-refractivity contribution in [3.63, 3.8) is 0 Å². The molecule has 3 aromatic rings. The van der Waals surface area contributed by atoms with Crippen LogP contribution in [-0.2, 0) is 6.42 Å². The van der Waals surface area contributed by atoms with E-state index in [2.05, 4.69) is 21.3 Å². The van der Waals surface area contributed by atoms with Gasteiger partial charge in [0.1, 0.15) is 18.5 Å². The van der Waals surface area contributed by atoms with Gasteiger partial charge in [-0.2, -0.15) is 0 Å². The van der Waals surface area contributed by atoms with E-state index in [-0.39, 0.29) is 11.9 Å². The minimum absolute atomic E-state index is 0.0295. The van der Waals surface area contributed by atoms with Crippen molar-refractivity contribution in [2.24, 2.45) is 0 Å². The molecule has 0 saturated heterocycles. The van der Waals surface area contributed by atoms with Gasteiger partial charge in [0.2, 0.25) is 0 Å². The van der Waals surface area contributed by atoms with E-state index >= 15 is 0 Å². The first-order valence-electron chi connectivity index (χ1n) is 11.1. The van der Waals surface area contributed by atoms with Crippen LogP contribution in [0.4, 0.5) is 10.1 Å². The third-order valence-electron chi connectivity index (χ3n) is 6.04. The highest BCUT2D eigenvalue weighted by atomic mass is 19.1. The second-order valence-corrected chi connectivity index (χ2v) is 8.38. The number of anilines is 1. The van der Waals surface area contributed by atoms with E-state index in [0.29, 0.717) is 6.61 Å². The molecule has 0 fully saturated rings. The Bertz CT molecular complexity index is 1090. The number of fused-ring (bicyclic) bond motifs is 4. The monoisotopic (exact) mass is 421 g/mol. The average molecular weight is 422 g/mol. The Kier molecular flexibility index (Phi) is 5.64. The van der Waals surface area contributed by atoms with E-state index in [1.807, 2.05) is 31.2 Å². The van der Waals surface area contributed by atoms with Crippen LogP contribution in [0.25, 0.3) is 10.9 Å². The van der Waals surface area contributed by atoms with E-state index in [1.54, 1.807) is 12.1 Å². The second kappa shape index (κ2) is 8.71. The van der Waals surface area contributed by atoms with Gasteiger partial charge in [0.25, 0.3) is 0 Å². The van der Waals surface area contributed by atoms with Gasteiger partial charge < -0.3 is 19.7 Å². The highest BCUT2D eigenvalue weighted by Crippen LogP contribution is 2.38. The topological polar surface area (TPSA) is 46.6 Å². The lowest BCUT2D eigenvalue weighted by Gasteiger charge is -2.31. The second-order valence-electron chi connectivity index (χ2n) is 8.38. The van der Waals surface area contributed by atoms with Gasteiger partial charge in [-0.05, 0) is 80.8 Å². The van der Waals surface area contributed by atoms with Crippen molar-refractivity contribution in [1.29, 1.82) is 0 Å². The standard InChI is InChI=1S/C25H28FN3O2/c1-17-5-7-21-22(28-17)8-10-24-25(21)31-20(16-30-24)15-27-11-3-13-29-12-2-4-18-14-19(26)6-9-23(18)29/h5-10,14,20,27H,2-4,11-13,15-16H2,1H3/t20-/m0/s1. The fourth-order valence-electron chi connectivity index (χ4n) is 4.51. The number of nitrogens with zero attached hydrogens (tertiary/aromatic N) is 2. The molecular weight excluding hydrogens is 393 g/mol. The van der Waals surface area contributed by atoms with E-state index in [0.717, 1.165) is 79.1 Å². The third-order valence-corrected chi connectivity index (χ3v) is 6.04.